The van der Waals surface area contributed by atoms with E-state index in [1.165, 1.54) is 6.20 Å². The number of carbonyl (C=O) groups excluding carboxylic acids is 1. The highest BCUT2D eigenvalue weighted by Gasteiger charge is 2.48. The first-order valence-electron chi connectivity index (χ1n) is 7.67. The fourth-order valence-electron chi connectivity index (χ4n) is 3.47. The zero-order valence-electron chi connectivity index (χ0n) is 12.4. The van der Waals surface area contributed by atoms with Gasteiger partial charge in [0.05, 0.1) is 31.6 Å². The molecule has 1 saturated heterocycles. The molecular formula is C15H22N2O4. The maximum Gasteiger partial charge on any atom is 0.292 e. The Morgan fingerprint density at radius 1 is 1.62 bits per heavy atom. The van der Waals surface area contributed by atoms with Crippen LogP contribution in [0.5, 0.6) is 0 Å². The fraction of sp³-hybridized carbons (Fsp3) is 0.733. The number of carbonyl (C=O) groups is 1. The summed E-state index contributed by atoms with van der Waals surface area (Å²) in [6.45, 7) is 5.21. The Morgan fingerprint density at radius 2 is 2.52 bits per heavy atom. The number of morpholine rings is 1. The van der Waals surface area contributed by atoms with Gasteiger partial charge in [0.2, 0.25) is 5.76 Å². The Hall–Kier alpha value is -1.40. The van der Waals surface area contributed by atoms with Crippen LogP contribution in [-0.4, -0.2) is 54.5 Å². The van der Waals surface area contributed by atoms with E-state index in [0.717, 1.165) is 19.3 Å². The standard InChI is InChI=1S/C15H22N2O4/c1-2-19-10-12-4-3-6-15(12)11-17(8-9-20-15)14(18)13-5-7-16-21-13/h5,7,12H,2-4,6,8-11H2,1H3/t12-,15-/m0/s1. The molecule has 6 nitrogen and oxygen atoms in total. The molecule has 0 N–H and O–H groups in total. The van der Waals surface area contributed by atoms with Gasteiger partial charge in [-0.05, 0) is 19.8 Å². The first-order valence-corrected chi connectivity index (χ1v) is 7.67. The molecule has 116 valence electrons. The lowest BCUT2D eigenvalue weighted by Crippen LogP contribution is -2.56. The monoisotopic (exact) mass is 294 g/mol. The predicted molar refractivity (Wildman–Crippen MR) is 74.9 cm³/mol. The minimum absolute atomic E-state index is 0.0998. The average molecular weight is 294 g/mol. The van der Waals surface area contributed by atoms with Gasteiger partial charge in [-0.1, -0.05) is 11.6 Å². The molecule has 1 aliphatic carbocycles. The van der Waals surface area contributed by atoms with Crippen LogP contribution in [0.1, 0.15) is 36.7 Å². The summed E-state index contributed by atoms with van der Waals surface area (Å²) in [4.78, 5) is 14.3. The van der Waals surface area contributed by atoms with Crippen LogP contribution >= 0.6 is 0 Å². The largest absolute Gasteiger partial charge is 0.381 e. The quantitative estimate of drug-likeness (QED) is 0.846. The predicted octanol–water partition coefficient (Wildman–Crippen LogP) is 1.72. The highest BCUT2D eigenvalue weighted by Crippen LogP contribution is 2.41. The van der Waals surface area contributed by atoms with Crippen molar-refractivity contribution in [1.29, 1.82) is 0 Å². The number of nitrogens with zero attached hydrogens (tertiary/aromatic N) is 2. The van der Waals surface area contributed by atoms with Crippen molar-refractivity contribution in [3.8, 4) is 0 Å². The molecule has 0 bridgehead atoms. The van der Waals surface area contributed by atoms with Crippen molar-refractivity contribution in [2.75, 3.05) is 32.9 Å². The number of aromatic nitrogens is 1. The van der Waals surface area contributed by atoms with Gasteiger partial charge in [-0.2, -0.15) is 0 Å². The summed E-state index contributed by atoms with van der Waals surface area (Å²) >= 11 is 0. The Morgan fingerprint density at radius 3 is 3.29 bits per heavy atom. The smallest absolute Gasteiger partial charge is 0.292 e. The van der Waals surface area contributed by atoms with E-state index in [-0.39, 0.29) is 11.5 Å². The Labute approximate surface area is 124 Å². The van der Waals surface area contributed by atoms with Crippen LogP contribution in [0.3, 0.4) is 0 Å². The van der Waals surface area contributed by atoms with E-state index < -0.39 is 0 Å². The highest BCUT2D eigenvalue weighted by atomic mass is 16.5. The summed E-state index contributed by atoms with van der Waals surface area (Å²) in [6, 6.07) is 1.61. The van der Waals surface area contributed by atoms with Crippen molar-refractivity contribution in [2.45, 2.75) is 31.8 Å². The van der Waals surface area contributed by atoms with E-state index >= 15 is 0 Å². The number of hydrogen-bond acceptors (Lipinski definition) is 5. The molecule has 2 heterocycles. The van der Waals surface area contributed by atoms with Gasteiger partial charge >= 0.3 is 0 Å². The van der Waals surface area contributed by atoms with Crippen molar-refractivity contribution in [3.63, 3.8) is 0 Å². The van der Waals surface area contributed by atoms with Gasteiger partial charge in [0.25, 0.3) is 5.91 Å². The van der Waals surface area contributed by atoms with Crippen LogP contribution in [-0.2, 0) is 9.47 Å². The Kier molecular flexibility index (Phi) is 4.26. The molecular weight excluding hydrogens is 272 g/mol. The third kappa shape index (κ3) is 2.82. The lowest BCUT2D eigenvalue weighted by Gasteiger charge is -2.43. The van der Waals surface area contributed by atoms with Crippen molar-refractivity contribution in [2.24, 2.45) is 5.92 Å². The maximum absolute atomic E-state index is 12.4. The minimum Gasteiger partial charge on any atom is -0.381 e. The molecule has 0 aromatic carbocycles. The molecule has 1 aromatic rings. The van der Waals surface area contributed by atoms with Gasteiger partial charge in [0.1, 0.15) is 0 Å². The molecule has 1 spiro atoms. The molecule has 1 amide bonds. The third-order valence-corrected chi connectivity index (χ3v) is 4.56. The molecule has 6 heteroatoms. The second kappa shape index (κ2) is 6.15. The van der Waals surface area contributed by atoms with Crippen LogP contribution in [0, 0.1) is 5.92 Å². The zero-order chi connectivity index (χ0) is 14.7. The average Bonchev–Trinajstić information content (AvgIpc) is 3.15. The summed E-state index contributed by atoms with van der Waals surface area (Å²) in [6.07, 6.45) is 4.72. The molecule has 1 aliphatic heterocycles. The van der Waals surface area contributed by atoms with Crippen LogP contribution in [0.15, 0.2) is 16.8 Å². The number of ether oxygens (including phenoxy) is 2. The summed E-state index contributed by atoms with van der Waals surface area (Å²) in [7, 11) is 0. The molecule has 3 rings (SSSR count). The normalized spacial score (nSPS) is 29.2. The SMILES string of the molecule is CCOC[C@@H]1CCC[C@]12CN(C(=O)c1ccno1)CCO2. The second-order valence-electron chi connectivity index (χ2n) is 5.77. The Balaban J connectivity index is 1.71. The van der Waals surface area contributed by atoms with Crippen LogP contribution in [0.25, 0.3) is 0 Å². The molecule has 0 unspecified atom stereocenters. The van der Waals surface area contributed by atoms with E-state index in [1.54, 1.807) is 6.07 Å². The molecule has 1 saturated carbocycles. The number of hydrogen-bond donors (Lipinski definition) is 0. The van der Waals surface area contributed by atoms with Gasteiger partial charge in [-0.25, -0.2) is 0 Å². The molecule has 1 aromatic heterocycles. The highest BCUT2D eigenvalue weighted by molar-refractivity contribution is 5.91. The molecule has 2 aliphatic rings. The summed E-state index contributed by atoms with van der Waals surface area (Å²) in [5, 5.41) is 3.61. The molecule has 21 heavy (non-hydrogen) atoms. The summed E-state index contributed by atoms with van der Waals surface area (Å²) < 4.78 is 16.7. The molecule has 2 fully saturated rings. The molecule has 2 atom stereocenters. The summed E-state index contributed by atoms with van der Waals surface area (Å²) in [5.41, 5.74) is -0.247. The third-order valence-electron chi connectivity index (χ3n) is 4.56. The minimum atomic E-state index is -0.247. The van der Waals surface area contributed by atoms with Crippen LogP contribution < -0.4 is 0 Å². The van der Waals surface area contributed by atoms with Crippen molar-refractivity contribution < 1.29 is 18.8 Å². The van der Waals surface area contributed by atoms with Crippen molar-refractivity contribution in [1.82, 2.24) is 10.1 Å². The van der Waals surface area contributed by atoms with Crippen LogP contribution in [0.4, 0.5) is 0 Å². The van der Waals surface area contributed by atoms with Gasteiger partial charge < -0.3 is 18.9 Å². The van der Waals surface area contributed by atoms with Gasteiger partial charge in [-0.3, -0.25) is 4.79 Å². The zero-order valence-corrected chi connectivity index (χ0v) is 12.4. The molecule has 0 radical (unpaired) electrons. The number of amides is 1. The Bertz CT molecular complexity index is 476. The first-order chi connectivity index (χ1) is 10.2. The topological polar surface area (TPSA) is 64.8 Å². The van der Waals surface area contributed by atoms with E-state index in [9.17, 15) is 4.79 Å². The van der Waals surface area contributed by atoms with E-state index in [4.69, 9.17) is 14.0 Å². The van der Waals surface area contributed by atoms with E-state index in [2.05, 4.69) is 5.16 Å². The maximum atomic E-state index is 12.4. The number of rotatable bonds is 4. The first kappa shape index (κ1) is 14.5. The summed E-state index contributed by atoms with van der Waals surface area (Å²) in [5.74, 6) is 0.561. The van der Waals surface area contributed by atoms with E-state index in [0.29, 0.717) is 44.6 Å². The van der Waals surface area contributed by atoms with Crippen molar-refractivity contribution in [3.05, 3.63) is 18.0 Å². The van der Waals surface area contributed by atoms with Gasteiger partial charge in [-0.15, -0.1) is 0 Å². The van der Waals surface area contributed by atoms with Gasteiger partial charge in [0, 0.05) is 25.1 Å². The lowest BCUT2D eigenvalue weighted by atomic mass is 9.89. The van der Waals surface area contributed by atoms with Crippen LogP contribution in [0.2, 0.25) is 0 Å². The lowest BCUT2D eigenvalue weighted by molar-refractivity contribution is -0.133. The fourth-order valence-corrected chi connectivity index (χ4v) is 3.47. The van der Waals surface area contributed by atoms with Gasteiger partial charge in [0.15, 0.2) is 0 Å². The second-order valence-corrected chi connectivity index (χ2v) is 5.77. The van der Waals surface area contributed by atoms with E-state index in [1.807, 2.05) is 11.8 Å². The van der Waals surface area contributed by atoms with Crippen molar-refractivity contribution >= 4 is 5.91 Å².